The summed E-state index contributed by atoms with van der Waals surface area (Å²) in [6.45, 7) is 1.97. The van der Waals surface area contributed by atoms with Crippen LogP contribution in [0.3, 0.4) is 0 Å². The third-order valence-corrected chi connectivity index (χ3v) is 4.32. The number of carbonyl (C=O) groups excluding carboxylic acids is 1. The summed E-state index contributed by atoms with van der Waals surface area (Å²) < 4.78 is 14.1. The maximum absolute atomic E-state index is 13.6. The number of hydrogen-bond acceptors (Lipinski definition) is 1. The highest BCUT2D eigenvalue weighted by molar-refractivity contribution is 9.10. The summed E-state index contributed by atoms with van der Waals surface area (Å²) in [4.78, 5) is 11.9. The van der Waals surface area contributed by atoms with Gasteiger partial charge < -0.3 is 5.32 Å². The normalized spacial score (nSPS) is 17.4. The van der Waals surface area contributed by atoms with E-state index in [-0.39, 0.29) is 11.1 Å². The van der Waals surface area contributed by atoms with Crippen LogP contribution < -0.4 is 5.32 Å². The molecule has 92 valence electrons. The fourth-order valence-corrected chi connectivity index (χ4v) is 2.35. The maximum atomic E-state index is 13.6. The SMILES string of the molecule is CC1(NC(=O)c2cc(Cl)c(Br)cc2F)CCC1. The van der Waals surface area contributed by atoms with Crippen LogP contribution in [0.2, 0.25) is 5.02 Å². The Morgan fingerprint density at radius 2 is 2.18 bits per heavy atom. The molecule has 0 saturated heterocycles. The van der Waals surface area contributed by atoms with Gasteiger partial charge in [0.15, 0.2) is 0 Å². The van der Waals surface area contributed by atoms with Crippen LogP contribution in [0.25, 0.3) is 0 Å². The van der Waals surface area contributed by atoms with Gasteiger partial charge >= 0.3 is 0 Å². The molecule has 0 aliphatic heterocycles. The number of hydrogen-bond donors (Lipinski definition) is 1. The second-order valence-electron chi connectivity index (χ2n) is 4.61. The van der Waals surface area contributed by atoms with Gasteiger partial charge in [-0.25, -0.2) is 4.39 Å². The first-order valence-electron chi connectivity index (χ1n) is 5.38. The van der Waals surface area contributed by atoms with Gasteiger partial charge in [-0.15, -0.1) is 0 Å². The second-order valence-corrected chi connectivity index (χ2v) is 5.88. The second kappa shape index (κ2) is 4.58. The summed E-state index contributed by atoms with van der Waals surface area (Å²) in [5.41, 5.74) is -0.199. The molecule has 0 unspecified atom stereocenters. The summed E-state index contributed by atoms with van der Waals surface area (Å²) >= 11 is 8.97. The van der Waals surface area contributed by atoms with E-state index in [1.807, 2.05) is 6.92 Å². The molecule has 1 N–H and O–H groups in total. The Bertz CT molecular complexity index is 474. The Morgan fingerprint density at radius 3 is 2.71 bits per heavy atom. The Labute approximate surface area is 113 Å². The van der Waals surface area contributed by atoms with E-state index in [1.165, 1.54) is 12.1 Å². The molecule has 2 rings (SSSR count). The van der Waals surface area contributed by atoms with Gasteiger partial charge in [-0.3, -0.25) is 4.79 Å². The van der Waals surface area contributed by atoms with Crippen LogP contribution in [-0.4, -0.2) is 11.4 Å². The third kappa shape index (κ3) is 2.63. The van der Waals surface area contributed by atoms with Crippen molar-refractivity contribution in [2.45, 2.75) is 31.7 Å². The zero-order chi connectivity index (χ0) is 12.6. The average Bonchev–Trinajstić information content (AvgIpc) is 2.21. The number of benzene rings is 1. The molecule has 0 aromatic heterocycles. The highest BCUT2D eigenvalue weighted by Gasteiger charge is 2.34. The molecule has 2 nitrogen and oxygen atoms in total. The standard InChI is InChI=1S/C12H12BrClFNO/c1-12(3-2-4-12)16-11(17)7-5-9(14)8(13)6-10(7)15/h5-6H,2-4H2,1H3,(H,16,17). The van der Waals surface area contributed by atoms with Gasteiger partial charge in [-0.2, -0.15) is 0 Å². The van der Waals surface area contributed by atoms with Crippen molar-refractivity contribution >= 4 is 33.4 Å². The molecular weight excluding hydrogens is 308 g/mol. The van der Waals surface area contributed by atoms with Gasteiger partial charge in [-0.05, 0) is 54.2 Å². The van der Waals surface area contributed by atoms with E-state index < -0.39 is 11.7 Å². The fraction of sp³-hybridized carbons (Fsp3) is 0.417. The average molecular weight is 321 g/mol. The first-order chi connectivity index (χ1) is 7.91. The van der Waals surface area contributed by atoms with Gasteiger partial charge in [0.2, 0.25) is 0 Å². The minimum Gasteiger partial charge on any atom is -0.347 e. The topological polar surface area (TPSA) is 29.1 Å². The Hall–Kier alpha value is -0.610. The van der Waals surface area contributed by atoms with Gasteiger partial charge in [0.25, 0.3) is 5.91 Å². The molecule has 0 atom stereocenters. The van der Waals surface area contributed by atoms with Crippen LogP contribution in [-0.2, 0) is 0 Å². The molecule has 17 heavy (non-hydrogen) atoms. The summed E-state index contributed by atoms with van der Waals surface area (Å²) in [6.07, 6.45) is 2.97. The van der Waals surface area contributed by atoms with Crippen molar-refractivity contribution in [1.82, 2.24) is 5.32 Å². The van der Waals surface area contributed by atoms with Crippen molar-refractivity contribution in [3.63, 3.8) is 0 Å². The van der Waals surface area contributed by atoms with Gasteiger partial charge in [0.05, 0.1) is 10.6 Å². The Kier molecular flexibility index (Phi) is 3.46. The molecule has 1 fully saturated rings. The largest absolute Gasteiger partial charge is 0.347 e. The lowest BCUT2D eigenvalue weighted by Gasteiger charge is -2.39. The van der Waals surface area contributed by atoms with Crippen LogP contribution in [0.4, 0.5) is 4.39 Å². The predicted molar refractivity (Wildman–Crippen MR) is 68.8 cm³/mol. The van der Waals surface area contributed by atoms with E-state index in [2.05, 4.69) is 21.2 Å². The van der Waals surface area contributed by atoms with Gasteiger partial charge in [0.1, 0.15) is 5.82 Å². The van der Waals surface area contributed by atoms with E-state index >= 15 is 0 Å². The molecule has 0 bridgehead atoms. The lowest BCUT2D eigenvalue weighted by Crippen LogP contribution is -2.51. The highest BCUT2D eigenvalue weighted by atomic mass is 79.9. The fourth-order valence-electron chi connectivity index (χ4n) is 1.87. The minimum absolute atomic E-state index is 0.00803. The first-order valence-corrected chi connectivity index (χ1v) is 6.55. The predicted octanol–water partition coefficient (Wildman–Crippen LogP) is 3.91. The highest BCUT2D eigenvalue weighted by Crippen LogP contribution is 2.32. The van der Waals surface area contributed by atoms with Crippen LogP contribution in [0, 0.1) is 5.82 Å². The molecule has 1 aromatic rings. The molecule has 1 aromatic carbocycles. The molecule has 1 amide bonds. The van der Waals surface area contributed by atoms with Crippen molar-refractivity contribution in [3.05, 3.63) is 33.0 Å². The lowest BCUT2D eigenvalue weighted by molar-refractivity contribution is 0.0846. The number of rotatable bonds is 2. The number of halogens is 3. The maximum Gasteiger partial charge on any atom is 0.254 e. The molecule has 1 saturated carbocycles. The van der Waals surface area contributed by atoms with Crippen molar-refractivity contribution < 1.29 is 9.18 Å². The quantitative estimate of drug-likeness (QED) is 0.822. The van der Waals surface area contributed by atoms with Crippen molar-refractivity contribution in [1.29, 1.82) is 0 Å². The summed E-state index contributed by atoms with van der Waals surface area (Å²) in [7, 11) is 0. The molecule has 1 aliphatic rings. The van der Waals surface area contributed by atoms with Crippen molar-refractivity contribution in [2.75, 3.05) is 0 Å². The number of amides is 1. The third-order valence-electron chi connectivity index (χ3n) is 3.13. The first kappa shape index (κ1) is 12.8. The van der Waals surface area contributed by atoms with E-state index in [9.17, 15) is 9.18 Å². The van der Waals surface area contributed by atoms with Gasteiger partial charge in [0, 0.05) is 10.0 Å². The zero-order valence-electron chi connectivity index (χ0n) is 9.32. The van der Waals surface area contributed by atoms with E-state index in [0.29, 0.717) is 9.50 Å². The van der Waals surface area contributed by atoms with E-state index in [1.54, 1.807) is 0 Å². The van der Waals surface area contributed by atoms with Crippen molar-refractivity contribution in [2.24, 2.45) is 0 Å². The molecule has 0 spiro atoms. The van der Waals surface area contributed by atoms with Crippen LogP contribution in [0.5, 0.6) is 0 Å². The molecular formula is C12H12BrClFNO. The van der Waals surface area contributed by atoms with Gasteiger partial charge in [-0.1, -0.05) is 11.6 Å². The van der Waals surface area contributed by atoms with E-state index in [0.717, 1.165) is 19.3 Å². The summed E-state index contributed by atoms with van der Waals surface area (Å²) in [5.74, 6) is -0.971. The van der Waals surface area contributed by atoms with E-state index in [4.69, 9.17) is 11.6 Å². The molecule has 5 heteroatoms. The summed E-state index contributed by atoms with van der Waals surface area (Å²) in [5, 5.41) is 3.17. The van der Waals surface area contributed by atoms with Crippen LogP contribution in [0.1, 0.15) is 36.5 Å². The molecule has 0 heterocycles. The smallest absolute Gasteiger partial charge is 0.254 e. The number of nitrogens with one attached hydrogen (secondary N) is 1. The number of carbonyl (C=O) groups is 1. The summed E-state index contributed by atoms with van der Waals surface area (Å²) in [6, 6.07) is 2.55. The Morgan fingerprint density at radius 1 is 1.53 bits per heavy atom. The van der Waals surface area contributed by atoms with Crippen LogP contribution in [0.15, 0.2) is 16.6 Å². The van der Waals surface area contributed by atoms with Crippen molar-refractivity contribution in [3.8, 4) is 0 Å². The molecule has 1 aliphatic carbocycles. The minimum atomic E-state index is -0.568. The molecule has 0 radical (unpaired) electrons. The lowest BCUT2D eigenvalue weighted by atomic mass is 9.78. The monoisotopic (exact) mass is 319 g/mol. The van der Waals surface area contributed by atoms with Crippen LogP contribution >= 0.6 is 27.5 Å². The zero-order valence-corrected chi connectivity index (χ0v) is 11.7. The Balaban J connectivity index is 2.22.